The van der Waals surface area contributed by atoms with E-state index in [-0.39, 0.29) is 12.6 Å². The first-order chi connectivity index (χ1) is 8.35. The summed E-state index contributed by atoms with van der Waals surface area (Å²) in [7, 11) is 1.60. The Kier molecular flexibility index (Phi) is 3.26. The Hall–Kier alpha value is -2.48. The Morgan fingerprint density at radius 1 is 1.41 bits per heavy atom. The highest BCUT2D eigenvalue weighted by molar-refractivity contribution is 5.63. The Labute approximate surface area is 98.8 Å². The molecule has 86 valence electrons. The minimum Gasteiger partial charge on any atom is -0.496 e. The van der Waals surface area contributed by atoms with Gasteiger partial charge in [0.15, 0.2) is 12.4 Å². The number of ether oxygens (including phenoxy) is 2. The van der Waals surface area contributed by atoms with Crippen molar-refractivity contribution in [1.82, 2.24) is 15.2 Å². The smallest absolute Gasteiger partial charge is 0.336 e. The highest BCUT2D eigenvalue weighted by Crippen LogP contribution is 2.27. The van der Waals surface area contributed by atoms with E-state index in [0.717, 1.165) is 5.56 Å². The highest BCUT2D eigenvalue weighted by Gasteiger charge is 2.10. The summed E-state index contributed by atoms with van der Waals surface area (Å²) >= 11 is 0. The lowest BCUT2D eigenvalue weighted by atomic mass is 10.2. The van der Waals surface area contributed by atoms with E-state index in [0.29, 0.717) is 11.6 Å². The lowest BCUT2D eigenvalue weighted by molar-refractivity contribution is 0.341. The molecule has 0 aliphatic rings. The van der Waals surface area contributed by atoms with Crippen molar-refractivity contribution in [2.24, 2.45) is 0 Å². The summed E-state index contributed by atoms with van der Waals surface area (Å²) < 4.78 is 10.3. The summed E-state index contributed by atoms with van der Waals surface area (Å²) in [5.74, 6) is 3.64. The van der Waals surface area contributed by atoms with Gasteiger partial charge < -0.3 is 9.47 Å². The number of rotatable bonds is 4. The number of hydrogen-bond acceptors (Lipinski definition) is 4. The normalized spacial score (nSPS) is 9.65. The van der Waals surface area contributed by atoms with Crippen molar-refractivity contribution in [2.75, 3.05) is 13.7 Å². The predicted octanol–water partition coefficient (Wildman–Crippen LogP) is 1.49. The predicted molar refractivity (Wildman–Crippen MR) is 62.7 cm³/mol. The van der Waals surface area contributed by atoms with E-state index < -0.39 is 0 Å². The Balaban J connectivity index is 2.28. The summed E-state index contributed by atoms with van der Waals surface area (Å²) in [4.78, 5) is 4.16. The van der Waals surface area contributed by atoms with Gasteiger partial charge in [0.25, 0.3) is 0 Å². The summed E-state index contributed by atoms with van der Waals surface area (Å²) in [6.07, 6.45) is 5.08. The molecule has 5 nitrogen and oxygen atoms in total. The monoisotopic (exact) mass is 229 g/mol. The summed E-state index contributed by atoms with van der Waals surface area (Å²) in [6, 6.07) is 7.73. The largest absolute Gasteiger partial charge is 0.496 e. The quantitative estimate of drug-likeness (QED) is 0.807. The van der Waals surface area contributed by atoms with E-state index in [4.69, 9.17) is 15.9 Å². The van der Waals surface area contributed by atoms with Gasteiger partial charge >= 0.3 is 6.01 Å². The molecule has 2 rings (SSSR count). The van der Waals surface area contributed by atoms with Crippen LogP contribution in [-0.4, -0.2) is 28.9 Å². The molecule has 0 radical (unpaired) electrons. The van der Waals surface area contributed by atoms with E-state index in [2.05, 4.69) is 21.1 Å². The number of nitrogens with zero attached hydrogens (tertiary/aromatic N) is 2. The van der Waals surface area contributed by atoms with E-state index in [9.17, 15) is 0 Å². The van der Waals surface area contributed by atoms with Crippen LogP contribution in [0.25, 0.3) is 11.4 Å². The highest BCUT2D eigenvalue weighted by atomic mass is 16.5. The standard InChI is InChI=1S/C12H11N3O2/c1-3-8-17-12-13-11(14-15-12)9-6-4-5-7-10(9)16-2/h1,4-7H,8H2,2H3,(H,13,14,15). The van der Waals surface area contributed by atoms with Gasteiger partial charge in [-0.25, -0.2) is 0 Å². The van der Waals surface area contributed by atoms with Gasteiger partial charge in [0.2, 0.25) is 0 Å². The van der Waals surface area contributed by atoms with Gasteiger partial charge in [-0.05, 0) is 12.1 Å². The number of H-pyrrole nitrogens is 1. The Morgan fingerprint density at radius 3 is 3.00 bits per heavy atom. The molecule has 17 heavy (non-hydrogen) atoms. The Bertz CT molecular complexity index is 543. The molecule has 1 aromatic carbocycles. The zero-order valence-electron chi connectivity index (χ0n) is 9.30. The molecule has 0 fully saturated rings. The van der Waals surface area contributed by atoms with Crippen molar-refractivity contribution in [3.8, 4) is 35.5 Å². The van der Waals surface area contributed by atoms with Gasteiger partial charge in [0.1, 0.15) is 5.75 Å². The van der Waals surface area contributed by atoms with Crippen LogP contribution < -0.4 is 9.47 Å². The average Bonchev–Trinajstić information content (AvgIpc) is 2.85. The fourth-order valence-corrected chi connectivity index (χ4v) is 1.38. The van der Waals surface area contributed by atoms with Crippen LogP contribution in [0.1, 0.15) is 0 Å². The van der Waals surface area contributed by atoms with Crippen LogP contribution in [0.4, 0.5) is 0 Å². The maximum atomic E-state index is 5.23. The van der Waals surface area contributed by atoms with Crippen LogP contribution in [0, 0.1) is 12.3 Å². The third-order valence-electron chi connectivity index (χ3n) is 2.11. The number of aromatic nitrogens is 3. The molecule has 0 spiro atoms. The summed E-state index contributed by atoms with van der Waals surface area (Å²) in [5.41, 5.74) is 0.818. The molecule has 0 aliphatic carbocycles. The minimum atomic E-state index is 0.142. The second kappa shape index (κ2) is 5.03. The van der Waals surface area contributed by atoms with Crippen LogP contribution in [0.3, 0.4) is 0 Å². The molecule has 0 atom stereocenters. The number of benzene rings is 1. The Morgan fingerprint density at radius 2 is 2.24 bits per heavy atom. The fourth-order valence-electron chi connectivity index (χ4n) is 1.38. The molecule has 1 aromatic heterocycles. The lowest BCUT2D eigenvalue weighted by Crippen LogP contribution is -1.94. The number of aromatic amines is 1. The average molecular weight is 229 g/mol. The van der Waals surface area contributed by atoms with Crippen LogP contribution in [-0.2, 0) is 0 Å². The van der Waals surface area contributed by atoms with Crippen molar-refractivity contribution in [3.63, 3.8) is 0 Å². The molecule has 0 aliphatic heterocycles. The number of para-hydroxylation sites is 1. The van der Waals surface area contributed by atoms with Gasteiger partial charge in [-0.1, -0.05) is 18.1 Å². The van der Waals surface area contributed by atoms with E-state index in [1.165, 1.54) is 0 Å². The molecule has 1 heterocycles. The number of hydrogen-bond donors (Lipinski definition) is 1. The van der Waals surface area contributed by atoms with E-state index >= 15 is 0 Å². The third kappa shape index (κ3) is 2.37. The molecule has 2 aromatic rings. The second-order valence-corrected chi connectivity index (χ2v) is 3.16. The minimum absolute atomic E-state index is 0.142. The van der Waals surface area contributed by atoms with E-state index in [1.807, 2.05) is 24.3 Å². The summed E-state index contributed by atoms with van der Waals surface area (Å²) in [5, 5.41) is 6.67. The van der Waals surface area contributed by atoms with Crippen LogP contribution in [0.5, 0.6) is 11.8 Å². The molecule has 0 bridgehead atoms. The first kappa shape index (κ1) is 11.0. The van der Waals surface area contributed by atoms with Crippen molar-refractivity contribution in [3.05, 3.63) is 24.3 Å². The zero-order valence-corrected chi connectivity index (χ0v) is 9.30. The number of methoxy groups -OCH3 is 1. The topological polar surface area (TPSA) is 60.0 Å². The van der Waals surface area contributed by atoms with Crippen molar-refractivity contribution < 1.29 is 9.47 Å². The van der Waals surface area contributed by atoms with Crippen molar-refractivity contribution in [2.45, 2.75) is 0 Å². The zero-order chi connectivity index (χ0) is 12.1. The number of nitrogens with one attached hydrogen (secondary N) is 1. The molecule has 0 unspecified atom stereocenters. The molecule has 0 saturated carbocycles. The second-order valence-electron chi connectivity index (χ2n) is 3.16. The van der Waals surface area contributed by atoms with E-state index in [1.54, 1.807) is 7.11 Å². The lowest BCUT2D eigenvalue weighted by Gasteiger charge is -2.03. The molecule has 1 N–H and O–H groups in total. The van der Waals surface area contributed by atoms with Gasteiger partial charge in [-0.15, -0.1) is 11.5 Å². The van der Waals surface area contributed by atoms with Crippen molar-refractivity contribution >= 4 is 0 Å². The maximum Gasteiger partial charge on any atom is 0.336 e. The van der Waals surface area contributed by atoms with Crippen LogP contribution in [0.2, 0.25) is 0 Å². The van der Waals surface area contributed by atoms with Gasteiger partial charge in [-0.3, -0.25) is 5.10 Å². The first-order valence-electron chi connectivity index (χ1n) is 4.97. The maximum absolute atomic E-state index is 5.23. The fraction of sp³-hybridized carbons (Fsp3) is 0.167. The SMILES string of the molecule is C#CCOc1n[nH]c(-c2ccccc2OC)n1. The van der Waals surface area contributed by atoms with Gasteiger partial charge in [0, 0.05) is 0 Å². The molecule has 0 amide bonds. The van der Waals surface area contributed by atoms with Crippen LogP contribution in [0.15, 0.2) is 24.3 Å². The van der Waals surface area contributed by atoms with Crippen LogP contribution >= 0.6 is 0 Å². The van der Waals surface area contributed by atoms with Gasteiger partial charge in [0.05, 0.1) is 12.7 Å². The third-order valence-corrected chi connectivity index (χ3v) is 2.11. The molecule has 5 heteroatoms. The number of terminal acetylenes is 1. The van der Waals surface area contributed by atoms with Gasteiger partial charge in [-0.2, -0.15) is 4.98 Å². The first-order valence-corrected chi connectivity index (χ1v) is 4.97. The molecular weight excluding hydrogens is 218 g/mol. The molecular formula is C12H11N3O2. The summed E-state index contributed by atoms with van der Waals surface area (Å²) in [6.45, 7) is 0.142. The molecule has 0 saturated heterocycles. The van der Waals surface area contributed by atoms with Crippen molar-refractivity contribution in [1.29, 1.82) is 0 Å².